The van der Waals surface area contributed by atoms with E-state index in [0.717, 1.165) is 10.6 Å². The van der Waals surface area contributed by atoms with Crippen LogP contribution in [0, 0.1) is 0 Å². The normalized spacial score (nSPS) is 21.9. The van der Waals surface area contributed by atoms with Crippen LogP contribution in [0.4, 0.5) is 0 Å². The van der Waals surface area contributed by atoms with E-state index in [1.807, 2.05) is 11.8 Å². The highest BCUT2D eigenvalue weighted by atomic mass is 79.9. The van der Waals surface area contributed by atoms with E-state index in [4.69, 9.17) is 10.8 Å². The molecule has 3 N–H and O–H groups in total. The van der Waals surface area contributed by atoms with Crippen molar-refractivity contribution in [3.8, 4) is 0 Å². The number of aliphatic hydroxyl groups excluding tert-OH is 1. The van der Waals surface area contributed by atoms with Crippen LogP contribution in [-0.2, 0) is 4.79 Å². The molecule has 0 aliphatic carbocycles. The highest BCUT2D eigenvalue weighted by Gasteiger charge is 2.28. The molecule has 0 aromatic heterocycles. The van der Waals surface area contributed by atoms with Crippen molar-refractivity contribution in [2.24, 2.45) is 5.73 Å². The van der Waals surface area contributed by atoms with Gasteiger partial charge in [-0.1, -0.05) is 27.7 Å². The summed E-state index contributed by atoms with van der Waals surface area (Å²) in [6, 6.07) is 0. The van der Waals surface area contributed by atoms with E-state index in [0.29, 0.717) is 6.42 Å². The first-order valence-electron chi connectivity index (χ1n) is 4.22. The van der Waals surface area contributed by atoms with Gasteiger partial charge in [0.1, 0.15) is 4.28 Å². The Morgan fingerprint density at radius 1 is 1.79 bits per heavy atom. The molecule has 0 aromatic rings. The van der Waals surface area contributed by atoms with Crippen molar-refractivity contribution >= 4 is 33.6 Å². The van der Waals surface area contributed by atoms with Gasteiger partial charge >= 0.3 is 0 Å². The van der Waals surface area contributed by atoms with Gasteiger partial charge in [0.05, 0.1) is 6.54 Å². The third-order valence-electron chi connectivity index (χ3n) is 1.98. The number of nitrogens with zero attached hydrogens (tertiary/aromatic N) is 1. The molecule has 14 heavy (non-hydrogen) atoms. The first-order chi connectivity index (χ1) is 6.56. The molecule has 0 radical (unpaired) electrons. The summed E-state index contributed by atoms with van der Waals surface area (Å²) in [5, 5.41) is 8.83. The number of halogens is 1. The molecule has 0 aromatic carbocycles. The van der Waals surface area contributed by atoms with Gasteiger partial charge in [0.15, 0.2) is 0 Å². The molecule has 0 saturated heterocycles. The molecule has 80 valence electrons. The number of hydrogen-bond acceptors (Lipinski definition) is 4. The Bertz CT molecular complexity index is 270. The molecule has 1 rings (SSSR count). The molecular weight excluding hydrogens is 268 g/mol. The molecular formula is C8H13BrN2O2S. The number of rotatable bonds is 4. The molecule has 0 saturated carbocycles. The van der Waals surface area contributed by atoms with Crippen LogP contribution < -0.4 is 5.73 Å². The fourth-order valence-corrected chi connectivity index (χ4v) is 3.50. The van der Waals surface area contributed by atoms with E-state index in [1.165, 1.54) is 0 Å². The number of primary amides is 1. The third kappa shape index (κ3) is 2.65. The number of hydrogen-bond donors (Lipinski definition) is 2. The SMILES string of the molecule is CC1=C(CCO)SC(Br)N1CC(N)=O. The summed E-state index contributed by atoms with van der Waals surface area (Å²) in [4.78, 5) is 13.8. The van der Waals surface area contributed by atoms with Crippen molar-refractivity contribution in [2.75, 3.05) is 13.2 Å². The second kappa shape index (κ2) is 5.04. The van der Waals surface area contributed by atoms with Crippen LogP contribution in [0.25, 0.3) is 0 Å². The lowest BCUT2D eigenvalue weighted by molar-refractivity contribution is -0.118. The Kier molecular flexibility index (Phi) is 4.28. The molecule has 1 amide bonds. The van der Waals surface area contributed by atoms with Crippen LogP contribution in [0.1, 0.15) is 13.3 Å². The fraction of sp³-hybridized carbons (Fsp3) is 0.625. The lowest BCUT2D eigenvalue weighted by atomic mass is 10.3. The van der Waals surface area contributed by atoms with Crippen molar-refractivity contribution in [1.29, 1.82) is 0 Å². The number of thioether (sulfide) groups is 1. The third-order valence-corrected chi connectivity index (χ3v) is 4.27. The maximum Gasteiger partial charge on any atom is 0.237 e. The highest BCUT2D eigenvalue weighted by Crippen LogP contribution is 2.41. The Balaban J connectivity index is 2.70. The van der Waals surface area contributed by atoms with E-state index in [9.17, 15) is 4.79 Å². The number of alkyl halides is 1. The van der Waals surface area contributed by atoms with Gasteiger partial charge in [-0.25, -0.2) is 0 Å². The lowest BCUT2D eigenvalue weighted by Gasteiger charge is -2.21. The van der Waals surface area contributed by atoms with Crippen molar-refractivity contribution in [2.45, 2.75) is 17.6 Å². The van der Waals surface area contributed by atoms with E-state index in [1.54, 1.807) is 11.8 Å². The van der Waals surface area contributed by atoms with Crippen LogP contribution in [0.15, 0.2) is 10.6 Å². The van der Waals surface area contributed by atoms with Gasteiger partial charge in [0, 0.05) is 23.6 Å². The molecule has 6 heteroatoms. The van der Waals surface area contributed by atoms with Crippen molar-refractivity contribution in [3.63, 3.8) is 0 Å². The number of nitrogens with two attached hydrogens (primary N) is 1. The minimum Gasteiger partial charge on any atom is -0.396 e. The van der Waals surface area contributed by atoms with Gasteiger partial charge in [-0.05, 0) is 6.92 Å². The summed E-state index contributed by atoms with van der Waals surface area (Å²) in [5.41, 5.74) is 6.15. The summed E-state index contributed by atoms with van der Waals surface area (Å²) in [5.74, 6) is -0.348. The highest BCUT2D eigenvalue weighted by molar-refractivity contribution is 9.11. The smallest absolute Gasteiger partial charge is 0.237 e. The van der Waals surface area contributed by atoms with Crippen LogP contribution in [0.3, 0.4) is 0 Å². The molecule has 1 atom stereocenters. The average Bonchev–Trinajstić information content (AvgIpc) is 2.33. The van der Waals surface area contributed by atoms with Crippen LogP contribution >= 0.6 is 27.7 Å². The predicted octanol–water partition coefficient (Wildman–Crippen LogP) is 0.813. The van der Waals surface area contributed by atoms with E-state index in [-0.39, 0.29) is 23.3 Å². The monoisotopic (exact) mass is 280 g/mol. The predicted molar refractivity (Wildman–Crippen MR) is 60.6 cm³/mol. The zero-order valence-corrected chi connectivity index (χ0v) is 10.3. The van der Waals surface area contributed by atoms with Crippen LogP contribution in [0.5, 0.6) is 0 Å². The van der Waals surface area contributed by atoms with Gasteiger partial charge < -0.3 is 15.7 Å². The summed E-state index contributed by atoms with van der Waals surface area (Å²) < 4.78 is 0.0524. The number of allylic oxidation sites excluding steroid dienone is 1. The first kappa shape index (κ1) is 11.9. The zero-order chi connectivity index (χ0) is 10.7. The molecule has 4 nitrogen and oxygen atoms in total. The Morgan fingerprint density at radius 3 is 2.93 bits per heavy atom. The minimum atomic E-state index is -0.348. The molecule has 0 bridgehead atoms. The largest absolute Gasteiger partial charge is 0.396 e. The van der Waals surface area contributed by atoms with Crippen molar-refractivity contribution in [1.82, 2.24) is 4.90 Å². The number of carbonyl (C=O) groups excluding carboxylic acids is 1. The van der Waals surface area contributed by atoms with Gasteiger partial charge in [0.2, 0.25) is 5.91 Å². The van der Waals surface area contributed by atoms with E-state index < -0.39 is 0 Å². The van der Waals surface area contributed by atoms with E-state index >= 15 is 0 Å². The molecule has 0 spiro atoms. The van der Waals surface area contributed by atoms with E-state index in [2.05, 4.69) is 15.9 Å². The van der Waals surface area contributed by atoms with Crippen molar-refractivity contribution < 1.29 is 9.90 Å². The van der Waals surface area contributed by atoms with Gasteiger partial charge in [0.25, 0.3) is 0 Å². The Morgan fingerprint density at radius 2 is 2.43 bits per heavy atom. The first-order valence-corrected chi connectivity index (χ1v) is 6.02. The maximum absolute atomic E-state index is 10.8. The van der Waals surface area contributed by atoms with Gasteiger partial charge in [-0.3, -0.25) is 4.79 Å². The minimum absolute atomic E-state index is 0.0524. The maximum atomic E-state index is 10.8. The molecule has 0 fully saturated rings. The molecule has 1 aliphatic rings. The summed E-state index contributed by atoms with van der Waals surface area (Å²) in [7, 11) is 0. The number of aliphatic hydroxyl groups is 1. The number of amides is 1. The molecule has 1 unspecified atom stereocenters. The van der Waals surface area contributed by atoms with Gasteiger partial charge in [-0.2, -0.15) is 0 Å². The molecule has 1 heterocycles. The fourth-order valence-electron chi connectivity index (χ4n) is 1.28. The standard InChI is InChI=1S/C8H13BrN2O2S/c1-5-6(2-3-12)14-8(9)11(5)4-7(10)13/h8,12H,2-4H2,1H3,(H2,10,13). The average molecular weight is 281 g/mol. The van der Waals surface area contributed by atoms with Gasteiger partial charge in [-0.15, -0.1) is 0 Å². The molecule has 1 aliphatic heterocycles. The van der Waals surface area contributed by atoms with Crippen LogP contribution in [0.2, 0.25) is 0 Å². The summed E-state index contributed by atoms with van der Waals surface area (Å²) >= 11 is 5.04. The quantitative estimate of drug-likeness (QED) is 0.591. The summed E-state index contributed by atoms with van der Waals surface area (Å²) in [6.07, 6.45) is 0.633. The number of carbonyl (C=O) groups is 1. The lowest BCUT2D eigenvalue weighted by Crippen LogP contribution is -2.33. The summed E-state index contributed by atoms with van der Waals surface area (Å²) in [6.45, 7) is 2.27. The second-order valence-electron chi connectivity index (χ2n) is 2.99. The second-order valence-corrected chi connectivity index (χ2v) is 5.63. The Labute approximate surface area is 95.6 Å². The zero-order valence-electron chi connectivity index (χ0n) is 7.86. The topological polar surface area (TPSA) is 66.6 Å². The van der Waals surface area contributed by atoms with Crippen molar-refractivity contribution in [3.05, 3.63) is 10.6 Å². The Hall–Kier alpha value is -0.200. The van der Waals surface area contributed by atoms with Crippen LogP contribution in [-0.4, -0.2) is 33.3 Å².